The Kier molecular flexibility index (Phi) is 7.96. The van der Waals surface area contributed by atoms with Crippen LogP contribution in [0.4, 0.5) is 0 Å². The highest BCUT2D eigenvalue weighted by Gasteiger charge is 2.21. The van der Waals surface area contributed by atoms with Crippen LogP contribution in [0.1, 0.15) is 0 Å². The molecule has 0 nitrogen and oxygen atoms in total. The lowest BCUT2D eigenvalue weighted by molar-refractivity contribution is 1.61. The first-order chi connectivity index (χ1) is 29.8. The van der Waals surface area contributed by atoms with E-state index in [0.29, 0.717) is 0 Å². The molecule has 0 bridgehead atoms. The van der Waals surface area contributed by atoms with Crippen LogP contribution in [0.15, 0.2) is 231 Å². The lowest BCUT2D eigenvalue weighted by Gasteiger charge is -2.22. The molecular formula is C60H38. The van der Waals surface area contributed by atoms with Gasteiger partial charge in [0, 0.05) is 0 Å². The highest BCUT2D eigenvalue weighted by Crippen LogP contribution is 2.49. The minimum atomic E-state index is 1.20. The Morgan fingerprint density at radius 3 is 0.883 bits per heavy atom. The van der Waals surface area contributed by atoms with Gasteiger partial charge in [-0.05, 0) is 145 Å². The standard InChI is InChI=1S/C60H38/c1-3-15-41(16-4-1)55-37-56(42-17-5-2-6-18-42)52-32-34-54-58(46-26-12-24-44(36-46)50-30-14-22-40-20-8-10-28-48(40)50)38-57(53-33-31-51(55)59(52)60(53)54)45-25-11-23-43(35-45)49-29-13-21-39-19-7-9-27-47(39)49/h1-38H. The van der Waals surface area contributed by atoms with E-state index in [1.165, 1.54) is 121 Å². The molecule has 12 aromatic carbocycles. The van der Waals surface area contributed by atoms with Crippen LogP contribution in [-0.2, 0) is 0 Å². The largest absolute Gasteiger partial charge is 0.0622 e. The molecule has 0 unspecified atom stereocenters. The van der Waals surface area contributed by atoms with Crippen molar-refractivity contribution in [3.05, 3.63) is 231 Å². The number of benzene rings is 12. The highest BCUT2D eigenvalue weighted by molar-refractivity contribution is 6.32. The summed E-state index contributed by atoms with van der Waals surface area (Å²) < 4.78 is 0. The fourth-order valence-corrected chi connectivity index (χ4v) is 9.85. The fourth-order valence-electron chi connectivity index (χ4n) is 9.85. The van der Waals surface area contributed by atoms with Crippen LogP contribution < -0.4 is 0 Å². The summed E-state index contributed by atoms with van der Waals surface area (Å²) in [7, 11) is 0. The van der Waals surface area contributed by atoms with E-state index in [0.717, 1.165) is 0 Å². The van der Waals surface area contributed by atoms with Gasteiger partial charge in [0.15, 0.2) is 0 Å². The molecule has 0 N–H and O–H groups in total. The van der Waals surface area contributed by atoms with Gasteiger partial charge in [0.25, 0.3) is 0 Å². The second kappa shape index (κ2) is 13.9. The van der Waals surface area contributed by atoms with Crippen molar-refractivity contribution in [1.29, 1.82) is 0 Å². The Hall–Kier alpha value is -7.80. The maximum absolute atomic E-state index is 2.46. The Balaban J connectivity index is 1.18. The molecule has 0 heteroatoms. The monoisotopic (exact) mass is 758 g/mol. The van der Waals surface area contributed by atoms with Crippen LogP contribution in [0.25, 0.3) is 121 Å². The molecule has 0 atom stereocenters. The second-order valence-corrected chi connectivity index (χ2v) is 16.0. The van der Waals surface area contributed by atoms with E-state index in [1.807, 2.05) is 0 Å². The van der Waals surface area contributed by atoms with Gasteiger partial charge in [-0.1, -0.05) is 206 Å². The minimum absolute atomic E-state index is 1.20. The first-order valence-electron chi connectivity index (χ1n) is 20.8. The number of fused-ring (bicyclic) bond motifs is 2. The maximum Gasteiger partial charge on any atom is -0.00139 e. The summed E-state index contributed by atoms with van der Waals surface area (Å²) in [5.74, 6) is 0. The lowest BCUT2D eigenvalue weighted by atomic mass is 9.81. The van der Waals surface area contributed by atoms with Crippen molar-refractivity contribution in [1.82, 2.24) is 0 Å². The molecule has 0 radical (unpaired) electrons. The third-order valence-corrected chi connectivity index (χ3v) is 12.6. The summed E-state index contributed by atoms with van der Waals surface area (Å²) in [6.45, 7) is 0. The highest BCUT2D eigenvalue weighted by atomic mass is 14.2. The maximum atomic E-state index is 2.46. The fraction of sp³-hybridized carbons (Fsp3) is 0. The van der Waals surface area contributed by atoms with Crippen LogP contribution in [0.3, 0.4) is 0 Å². The Morgan fingerprint density at radius 2 is 0.467 bits per heavy atom. The third kappa shape index (κ3) is 5.53. The Labute approximate surface area is 349 Å². The van der Waals surface area contributed by atoms with Crippen molar-refractivity contribution in [3.8, 4) is 66.8 Å². The zero-order chi connectivity index (χ0) is 39.6. The van der Waals surface area contributed by atoms with Gasteiger partial charge in [0.2, 0.25) is 0 Å². The van der Waals surface area contributed by atoms with Crippen molar-refractivity contribution in [2.24, 2.45) is 0 Å². The van der Waals surface area contributed by atoms with E-state index >= 15 is 0 Å². The summed E-state index contributed by atoms with van der Waals surface area (Å²) in [5.41, 5.74) is 14.7. The van der Waals surface area contributed by atoms with E-state index in [1.54, 1.807) is 0 Å². The van der Waals surface area contributed by atoms with E-state index in [2.05, 4.69) is 231 Å². The molecule has 278 valence electrons. The molecule has 0 saturated heterocycles. The minimum Gasteiger partial charge on any atom is -0.0622 e. The predicted octanol–water partition coefficient (Wildman–Crippen LogP) is 16.9. The average molecular weight is 759 g/mol. The Bertz CT molecular complexity index is 3340. The molecule has 0 saturated carbocycles. The van der Waals surface area contributed by atoms with Gasteiger partial charge in [0.1, 0.15) is 0 Å². The van der Waals surface area contributed by atoms with Gasteiger partial charge in [0.05, 0.1) is 0 Å². The van der Waals surface area contributed by atoms with Crippen molar-refractivity contribution in [3.63, 3.8) is 0 Å². The normalized spacial score (nSPS) is 11.7. The van der Waals surface area contributed by atoms with Crippen LogP contribution in [0.2, 0.25) is 0 Å². The summed E-state index contributed by atoms with van der Waals surface area (Å²) in [6.07, 6.45) is 0. The molecule has 0 aliphatic heterocycles. The first-order valence-corrected chi connectivity index (χ1v) is 20.8. The molecule has 12 rings (SSSR count). The molecule has 0 aromatic heterocycles. The van der Waals surface area contributed by atoms with Gasteiger partial charge < -0.3 is 0 Å². The lowest BCUT2D eigenvalue weighted by Crippen LogP contribution is -1.94. The van der Waals surface area contributed by atoms with Crippen LogP contribution in [0, 0.1) is 0 Å². The number of rotatable bonds is 6. The zero-order valence-corrected chi connectivity index (χ0v) is 32.9. The van der Waals surface area contributed by atoms with E-state index in [4.69, 9.17) is 0 Å². The van der Waals surface area contributed by atoms with Crippen molar-refractivity contribution in [2.75, 3.05) is 0 Å². The summed E-state index contributed by atoms with van der Waals surface area (Å²) in [6, 6.07) is 85.2. The van der Waals surface area contributed by atoms with Gasteiger partial charge in [-0.25, -0.2) is 0 Å². The van der Waals surface area contributed by atoms with E-state index < -0.39 is 0 Å². The molecular weight excluding hydrogens is 721 g/mol. The van der Waals surface area contributed by atoms with Crippen molar-refractivity contribution >= 4 is 53.9 Å². The quantitative estimate of drug-likeness (QED) is 0.148. The molecule has 12 aromatic rings. The first kappa shape index (κ1) is 34.3. The Morgan fingerprint density at radius 1 is 0.167 bits per heavy atom. The van der Waals surface area contributed by atoms with E-state index in [-0.39, 0.29) is 0 Å². The SMILES string of the molecule is c1ccc(-c2cc(-c3ccccc3)c3ccc4c(-c5cccc(-c6cccc7ccccc67)c5)cc(-c5cccc(-c6cccc7ccccc67)c5)c5ccc2c3c54)cc1. The van der Waals surface area contributed by atoms with Crippen LogP contribution >= 0.6 is 0 Å². The molecule has 0 amide bonds. The molecule has 0 aliphatic rings. The second-order valence-electron chi connectivity index (χ2n) is 16.0. The average Bonchev–Trinajstić information content (AvgIpc) is 3.33. The van der Waals surface area contributed by atoms with Crippen molar-refractivity contribution in [2.45, 2.75) is 0 Å². The molecule has 0 spiro atoms. The smallest absolute Gasteiger partial charge is 0.00139 e. The topological polar surface area (TPSA) is 0 Å². The van der Waals surface area contributed by atoms with Gasteiger partial charge in [-0.3, -0.25) is 0 Å². The predicted molar refractivity (Wildman–Crippen MR) is 258 cm³/mol. The van der Waals surface area contributed by atoms with E-state index in [9.17, 15) is 0 Å². The van der Waals surface area contributed by atoms with Crippen LogP contribution in [0.5, 0.6) is 0 Å². The van der Waals surface area contributed by atoms with Crippen molar-refractivity contribution < 1.29 is 0 Å². The number of hydrogen-bond donors (Lipinski definition) is 0. The van der Waals surface area contributed by atoms with Gasteiger partial charge >= 0.3 is 0 Å². The van der Waals surface area contributed by atoms with Crippen LogP contribution in [-0.4, -0.2) is 0 Å². The molecule has 0 heterocycles. The molecule has 0 aliphatic carbocycles. The van der Waals surface area contributed by atoms with Gasteiger partial charge in [-0.15, -0.1) is 0 Å². The molecule has 0 fully saturated rings. The summed E-state index contributed by atoms with van der Waals surface area (Å²) >= 11 is 0. The third-order valence-electron chi connectivity index (χ3n) is 12.6. The summed E-state index contributed by atoms with van der Waals surface area (Å²) in [5, 5.41) is 12.7. The molecule has 60 heavy (non-hydrogen) atoms. The number of hydrogen-bond acceptors (Lipinski definition) is 0. The summed E-state index contributed by atoms with van der Waals surface area (Å²) in [4.78, 5) is 0. The zero-order valence-electron chi connectivity index (χ0n) is 32.9. The van der Waals surface area contributed by atoms with Gasteiger partial charge in [-0.2, -0.15) is 0 Å².